The molecule has 4 nitrogen and oxygen atoms in total. The molecule has 1 aliphatic rings. The van der Waals surface area contributed by atoms with E-state index in [1.807, 2.05) is 6.92 Å². The third-order valence-electron chi connectivity index (χ3n) is 2.90. The summed E-state index contributed by atoms with van der Waals surface area (Å²) in [5.74, 6) is 0.455. The van der Waals surface area contributed by atoms with Gasteiger partial charge in [-0.2, -0.15) is 0 Å². The van der Waals surface area contributed by atoms with Crippen LogP contribution in [-0.2, 0) is 4.79 Å². The Morgan fingerprint density at radius 3 is 2.71 bits per heavy atom. The molecule has 0 saturated heterocycles. The second-order valence-corrected chi connectivity index (χ2v) is 4.00. The summed E-state index contributed by atoms with van der Waals surface area (Å²) in [6.45, 7) is 3.65. The molecule has 78 valence electrons. The maximum atomic E-state index is 11.4. The lowest BCUT2D eigenvalue weighted by molar-refractivity contribution is -0.403. The van der Waals surface area contributed by atoms with Gasteiger partial charge in [-0.3, -0.25) is 14.9 Å². The van der Waals surface area contributed by atoms with Gasteiger partial charge in [0.2, 0.25) is 6.20 Å². The van der Waals surface area contributed by atoms with Gasteiger partial charge in [0, 0.05) is 17.9 Å². The van der Waals surface area contributed by atoms with Crippen LogP contribution in [-0.4, -0.2) is 10.7 Å². The van der Waals surface area contributed by atoms with Crippen LogP contribution in [0.25, 0.3) is 0 Å². The van der Waals surface area contributed by atoms with Crippen molar-refractivity contribution in [2.75, 3.05) is 0 Å². The number of Topliss-reactive ketones (excluding diaryl/α,β-unsaturated/α-hetero) is 1. The van der Waals surface area contributed by atoms with Gasteiger partial charge in [0.1, 0.15) is 5.78 Å². The van der Waals surface area contributed by atoms with E-state index in [1.165, 1.54) is 0 Å². The zero-order chi connectivity index (χ0) is 10.7. The number of rotatable bonds is 2. The molecular weight excluding hydrogens is 182 g/mol. The van der Waals surface area contributed by atoms with E-state index in [1.54, 1.807) is 6.92 Å². The summed E-state index contributed by atoms with van der Waals surface area (Å²) in [6, 6.07) is 0. The molecule has 1 saturated carbocycles. The van der Waals surface area contributed by atoms with Crippen LogP contribution in [0.3, 0.4) is 0 Å². The second-order valence-electron chi connectivity index (χ2n) is 4.00. The Morgan fingerprint density at radius 2 is 2.21 bits per heavy atom. The fourth-order valence-electron chi connectivity index (χ4n) is 1.82. The zero-order valence-corrected chi connectivity index (χ0v) is 8.53. The predicted octanol–water partition coefficient (Wildman–Crippen LogP) is 2.17. The first-order valence-corrected chi connectivity index (χ1v) is 4.85. The Hall–Kier alpha value is -1.19. The maximum Gasteiger partial charge on any atom is 0.233 e. The van der Waals surface area contributed by atoms with Crippen LogP contribution in [0, 0.1) is 22.0 Å². The van der Waals surface area contributed by atoms with Gasteiger partial charge >= 0.3 is 0 Å². The first-order chi connectivity index (χ1) is 6.50. The van der Waals surface area contributed by atoms with Crippen LogP contribution in [0.15, 0.2) is 11.8 Å². The standard InChI is InChI=1S/C10H15NO3/c1-7-3-4-9(5-10(7)12)8(2)6-11(13)14/h6-7,9H,3-5H2,1-2H3/b8-6+/t7?,9-/m0/s1. The minimum atomic E-state index is -0.447. The van der Waals surface area contributed by atoms with Gasteiger partial charge in [0.25, 0.3) is 0 Å². The van der Waals surface area contributed by atoms with Crippen molar-refractivity contribution >= 4 is 5.78 Å². The van der Waals surface area contributed by atoms with Crippen molar-refractivity contribution < 1.29 is 9.72 Å². The summed E-state index contributed by atoms with van der Waals surface area (Å²) >= 11 is 0. The number of nitro groups is 1. The van der Waals surface area contributed by atoms with Gasteiger partial charge in [-0.25, -0.2) is 0 Å². The number of carbonyl (C=O) groups is 1. The van der Waals surface area contributed by atoms with Crippen LogP contribution in [0.1, 0.15) is 33.1 Å². The number of hydrogen-bond donors (Lipinski definition) is 0. The largest absolute Gasteiger partial charge is 0.299 e. The summed E-state index contributed by atoms with van der Waals surface area (Å²) in [5, 5.41) is 10.2. The molecule has 14 heavy (non-hydrogen) atoms. The molecule has 0 radical (unpaired) electrons. The van der Waals surface area contributed by atoms with Crippen LogP contribution in [0.2, 0.25) is 0 Å². The Balaban J connectivity index is 2.63. The third-order valence-corrected chi connectivity index (χ3v) is 2.90. The minimum Gasteiger partial charge on any atom is -0.299 e. The quantitative estimate of drug-likeness (QED) is 0.503. The molecule has 1 unspecified atom stereocenters. The van der Waals surface area contributed by atoms with E-state index in [0.717, 1.165) is 24.6 Å². The molecule has 0 amide bonds. The highest BCUT2D eigenvalue weighted by Gasteiger charge is 2.27. The lowest BCUT2D eigenvalue weighted by atomic mass is 9.79. The highest BCUT2D eigenvalue weighted by atomic mass is 16.6. The van der Waals surface area contributed by atoms with Gasteiger partial charge in [-0.1, -0.05) is 6.92 Å². The lowest BCUT2D eigenvalue weighted by Gasteiger charge is -2.24. The normalized spacial score (nSPS) is 29.0. The van der Waals surface area contributed by atoms with Gasteiger partial charge in [0.05, 0.1) is 4.92 Å². The van der Waals surface area contributed by atoms with Crippen LogP contribution in [0.5, 0.6) is 0 Å². The van der Waals surface area contributed by atoms with Gasteiger partial charge in [-0.15, -0.1) is 0 Å². The molecule has 0 spiro atoms. The smallest absolute Gasteiger partial charge is 0.233 e. The van der Waals surface area contributed by atoms with Crippen molar-refractivity contribution in [3.63, 3.8) is 0 Å². The first kappa shape index (κ1) is 10.9. The number of ketones is 1. The Labute approximate surface area is 83.1 Å². The molecule has 1 rings (SSSR count). The summed E-state index contributed by atoms with van der Waals surface area (Å²) < 4.78 is 0. The fraction of sp³-hybridized carbons (Fsp3) is 0.700. The molecule has 0 aliphatic heterocycles. The van der Waals surface area contributed by atoms with Crippen LogP contribution < -0.4 is 0 Å². The Bertz CT molecular complexity index is 283. The first-order valence-electron chi connectivity index (χ1n) is 4.85. The molecule has 0 aromatic heterocycles. The van der Waals surface area contributed by atoms with Crippen molar-refractivity contribution in [2.45, 2.75) is 33.1 Å². The Kier molecular flexibility index (Phi) is 3.38. The van der Waals surface area contributed by atoms with Crippen molar-refractivity contribution in [3.05, 3.63) is 21.9 Å². The molecule has 1 fully saturated rings. The van der Waals surface area contributed by atoms with Crippen molar-refractivity contribution in [2.24, 2.45) is 11.8 Å². The molecule has 0 heterocycles. The SMILES string of the molecule is C/C(=C\[N+](=O)[O-])[C@H]1CCC(C)C(=O)C1. The van der Waals surface area contributed by atoms with Gasteiger partial charge < -0.3 is 0 Å². The van der Waals surface area contributed by atoms with E-state index in [2.05, 4.69) is 0 Å². The zero-order valence-electron chi connectivity index (χ0n) is 8.53. The maximum absolute atomic E-state index is 11.4. The topological polar surface area (TPSA) is 60.2 Å². The summed E-state index contributed by atoms with van der Waals surface area (Å²) in [5.41, 5.74) is 0.718. The van der Waals surface area contributed by atoms with E-state index in [0.29, 0.717) is 6.42 Å². The van der Waals surface area contributed by atoms with E-state index in [-0.39, 0.29) is 17.6 Å². The Morgan fingerprint density at radius 1 is 1.57 bits per heavy atom. The van der Waals surface area contributed by atoms with Crippen molar-refractivity contribution in [3.8, 4) is 0 Å². The molecule has 1 aliphatic carbocycles. The fourth-order valence-corrected chi connectivity index (χ4v) is 1.82. The second kappa shape index (κ2) is 4.35. The van der Waals surface area contributed by atoms with E-state index >= 15 is 0 Å². The monoisotopic (exact) mass is 197 g/mol. The highest BCUT2D eigenvalue weighted by Crippen LogP contribution is 2.30. The molecule has 0 aromatic rings. The number of hydrogen-bond acceptors (Lipinski definition) is 3. The molecule has 2 atom stereocenters. The van der Waals surface area contributed by atoms with Crippen molar-refractivity contribution in [1.29, 1.82) is 0 Å². The average Bonchev–Trinajstić information content (AvgIpc) is 2.08. The summed E-state index contributed by atoms with van der Waals surface area (Å²) in [4.78, 5) is 21.2. The van der Waals surface area contributed by atoms with Gasteiger partial charge in [0.15, 0.2) is 0 Å². The molecule has 0 bridgehead atoms. The minimum absolute atomic E-state index is 0.0871. The van der Waals surface area contributed by atoms with E-state index in [9.17, 15) is 14.9 Å². The molecule has 0 N–H and O–H groups in total. The molecule has 0 aromatic carbocycles. The molecular formula is C10H15NO3. The highest BCUT2D eigenvalue weighted by molar-refractivity contribution is 5.81. The number of nitrogens with zero attached hydrogens (tertiary/aromatic N) is 1. The van der Waals surface area contributed by atoms with Gasteiger partial charge in [-0.05, 0) is 25.7 Å². The van der Waals surface area contributed by atoms with E-state index in [4.69, 9.17) is 0 Å². The lowest BCUT2D eigenvalue weighted by Crippen LogP contribution is -2.23. The number of carbonyl (C=O) groups excluding carboxylic acids is 1. The third kappa shape index (κ3) is 2.65. The molecule has 4 heteroatoms. The number of allylic oxidation sites excluding steroid dienone is 1. The van der Waals surface area contributed by atoms with Crippen LogP contribution in [0.4, 0.5) is 0 Å². The van der Waals surface area contributed by atoms with Crippen LogP contribution >= 0.6 is 0 Å². The predicted molar refractivity (Wildman–Crippen MR) is 52.3 cm³/mol. The van der Waals surface area contributed by atoms with E-state index < -0.39 is 4.92 Å². The summed E-state index contributed by atoms with van der Waals surface area (Å²) in [7, 11) is 0. The summed E-state index contributed by atoms with van der Waals surface area (Å²) in [6.07, 6.45) is 3.24. The average molecular weight is 197 g/mol. The van der Waals surface area contributed by atoms with Crippen molar-refractivity contribution in [1.82, 2.24) is 0 Å².